The number of anilines is 1. The van der Waals surface area contributed by atoms with Crippen molar-refractivity contribution in [2.45, 2.75) is 30.7 Å². The number of aryl methyl sites for hydroxylation is 2. The van der Waals surface area contributed by atoms with Crippen molar-refractivity contribution in [2.24, 2.45) is 0 Å². The average molecular weight is 622 g/mol. The van der Waals surface area contributed by atoms with Gasteiger partial charge in [0.15, 0.2) is 0 Å². The minimum atomic E-state index is -4.01. The Hall–Kier alpha value is -3.03. The Balaban J connectivity index is 1.61. The van der Waals surface area contributed by atoms with Crippen LogP contribution in [0.2, 0.25) is 0 Å². The van der Waals surface area contributed by atoms with Crippen molar-refractivity contribution in [3.05, 3.63) is 87.1 Å². The Morgan fingerprint density at radius 2 is 1.72 bits per heavy atom. The van der Waals surface area contributed by atoms with Gasteiger partial charge >= 0.3 is 5.97 Å². The zero-order valence-electron chi connectivity index (χ0n) is 19.6. The maximum absolute atomic E-state index is 12.8. The Kier molecular flexibility index (Phi) is 9.79. The fourth-order valence-electron chi connectivity index (χ4n) is 3.31. The highest BCUT2D eigenvalue weighted by Gasteiger charge is 2.27. The number of halogens is 1. The predicted molar refractivity (Wildman–Crippen MR) is 145 cm³/mol. The van der Waals surface area contributed by atoms with Crippen molar-refractivity contribution in [3.8, 4) is 0 Å². The highest BCUT2D eigenvalue weighted by molar-refractivity contribution is 14.1. The lowest BCUT2D eigenvalue weighted by atomic mass is 10.1. The van der Waals surface area contributed by atoms with Crippen molar-refractivity contribution in [2.75, 3.05) is 18.9 Å². The van der Waals surface area contributed by atoms with E-state index in [1.54, 1.807) is 37.3 Å². The number of carbonyl (C=O) groups excluding carboxylic acids is 2. The van der Waals surface area contributed by atoms with Gasteiger partial charge in [0.25, 0.3) is 5.91 Å². The molecule has 36 heavy (non-hydrogen) atoms. The smallest absolute Gasteiger partial charge is 0.326 e. The molecule has 0 radical (unpaired) electrons. The van der Waals surface area contributed by atoms with Gasteiger partial charge in [-0.3, -0.25) is 9.59 Å². The van der Waals surface area contributed by atoms with E-state index in [9.17, 15) is 18.0 Å². The van der Waals surface area contributed by atoms with E-state index in [0.29, 0.717) is 17.8 Å². The van der Waals surface area contributed by atoms with Crippen LogP contribution in [0.3, 0.4) is 0 Å². The molecule has 0 aliphatic rings. The maximum Gasteiger partial charge on any atom is 0.326 e. The number of nitrogen functional groups attached to an aromatic ring is 1. The van der Waals surface area contributed by atoms with E-state index in [1.807, 2.05) is 24.3 Å². The van der Waals surface area contributed by atoms with E-state index in [0.717, 1.165) is 21.2 Å². The van der Waals surface area contributed by atoms with Gasteiger partial charge in [-0.25, -0.2) is 13.4 Å². The van der Waals surface area contributed by atoms with E-state index >= 15 is 0 Å². The molecule has 0 aliphatic heterocycles. The third-order valence-electron chi connectivity index (χ3n) is 5.17. The molecule has 0 aliphatic carbocycles. The van der Waals surface area contributed by atoms with Gasteiger partial charge < -0.3 is 15.8 Å². The Labute approximate surface area is 224 Å². The van der Waals surface area contributed by atoms with Crippen molar-refractivity contribution < 1.29 is 22.7 Å². The van der Waals surface area contributed by atoms with Crippen LogP contribution in [0.1, 0.15) is 28.5 Å². The van der Waals surface area contributed by atoms with Crippen LogP contribution in [0.5, 0.6) is 0 Å². The molecule has 11 heteroatoms. The van der Waals surface area contributed by atoms with Crippen LogP contribution < -0.4 is 15.8 Å². The number of hydrogen-bond donors (Lipinski definition) is 3. The van der Waals surface area contributed by atoms with Crippen LogP contribution in [-0.4, -0.2) is 44.5 Å². The van der Waals surface area contributed by atoms with Crippen LogP contribution in [0.4, 0.5) is 5.82 Å². The van der Waals surface area contributed by atoms with Gasteiger partial charge in [0.1, 0.15) is 11.9 Å². The van der Waals surface area contributed by atoms with Gasteiger partial charge in [0.05, 0.1) is 11.5 Å². The number of hydrogen-bond acceptors (Lipinski definition) is 7. The maximum atomic E-state index is 12.8. The monoisotopic (exact) mass is 622 g/mol. The van der Waals surface area contributed by atoms with Gasteiger partial charge in [-0.15, -0.1) is 0 Å². The first-order valence-corrected chi connectivity index (χ1v) is 13.8. The number of nitrogens with one attached hydrogen (secondary N) is 2. The third-order valence-corrected chi connectivity index (χ3v) is 7.38. The van der Waals surface area contributed by atoms with Gasteiger partial charge in [-0.2, -0.15) is 4.72 Å². The molecule has 1 unspecified atom stereocenters. The van der Waals surface area contributed by atoms with Crippen molar-refractivity contribution in [1.82, 2.24) is 15.0 Å². The lowest BCUT2D eigenvalue weighted by Gasteiger charge is -2.18. The minimum absolute atomic E-state index is 0.00696. The molecule has 3 rings (SSSR count). The molecule has 3 aromatic rings. The number of carbonyl (C=O) groups is 2. The summed E-state index contributed by atoms with van der Waals surface area (Å²) >= 11 is 2.06. The average Bonchev–Trinajstić information content (AvgIpc) is 2.86. The number of nitrogens with two attached hydrogens (primary N) is 1. The number of amides is 1. The zero-order chi connectivity index (χ0) is 26.1. The molecule has 1 amide bonds. The number of benzene rings is 2. The first-order valence-electron chi connectivity index (χ1n) is 11.2. The lowest BCUT2D eigenvalue weighted by molar-refractivity contribution is -0.144. The van der Waals surface area contributed by atoms with E-state index in [2.05, 4.69) is 37.6 Å². The number of aromatic nitrogens is 1. The van der Waals surface area contributed by atoms with Crippen LogP contribution in [-0.2, 0) is 32.4 Å². The van der Waals surface area contributed by atoms with E-state index in [-0.39, 0.29) is 18.0 Å². The third kappa shape index (κ3) is 8.00. The number of esters is 1. The molecule has 0 saturated carbocycles. The molecule has 1 atom stereocenters. The second-order valence-corrected chi connectivity index (χ2v) is 10.8. The predicted octanol–water partition coefficient (Wildman–Crippen LogP) is 2.69. The van der Waals surface area contributed by atoms with E-state index in [1.165, 1.54) is 12.1 Å². The molecule has 1 heterocycles. The molecule has 2 aromatic carbocycles. The molecule has 0 saturated heterocycles. The topological polar surface area (TPSA) is 140 Å². The Morgan fingerprint density at radius 1 is 1.03 bits per heavy atom. The summed E-state index contributed by atoms with van der Waals surface area (Å²) in [6, 6.07) is 17.4. The molecule has 4 N–H and O–H groups in total. The van der Waals surface area contributed by atoms with Gasteiger partial charge in [-0.05, 0) is 96.5 Å². The summed E-state index contributed by atoms with van der Waals surface area (Å²) in [5.74, 6) is -0.749. The molecule has 9 nitrogen and oxygen atoms in total. The summed E-state index contributed by atoms with van der Waals surface area (Å²) in [6.07, 6.45) is 1.43. The molecular weight excluding hydrogens is 595 g/mol. The summed E-state index contributed by atoms with van der Waals surface area (Å²) in [5.41, 5.74) is 7.99. The summed E-state index contributed by atoms with van der Waals surface area (Å²) in [7, 11) is -4.01. The van der Waals surface area contributed by atoms with Crippen molar-refractivity contribution in [3.63, 3.8) is 0 Å². The second kappa shape index (κ2) is 12.8. The van der Waals surface area contributed by atoms with Crippen LogP contribution >= 0.6 is 22.6 Å². The van der Waals surface area contributed by atoms with Crippen LogP contribution in [0, 0.1) is 3.57 Å². The second-order valence-electron chi connectivity index (χ2n) is 7.84. The minimum Gasteiger partial charge on any atom is -0.465 e. The Bertz CT molecular complexity index is 1300. The number of nitrogens with zero attached hydrogens (tertiary/aromatic N) is 1. The van der Waals surface area contributed by atoms with Crippen molar-refractivity contribution in [1.29, 1.82) is 0 Å². The molecule has 0 bridgehead atoms. The van der Waals surface area contributed by atoms with Gasteiger partial charge in [0, 0.05) is 21.4 Å². The molecule has 0 spiro atoms. The number of rotatable bonds is 11. The summed E-state index contributed by atoms with van der Waals surface area (Å²) < 4.78 is 33.7. The summed E-state index contributed by atoms with van der Waals surface area (Å²) in [4.78, 5) is 29.3. The number of sulfonamides is 1. The molecule has 1 aromatic heterocycles. The lowest BCUT2D eigenvalue weighted by Crippen LogP contribution is -2.49. The SMILES string of the molecule is CCOC(=O)C(CNC(=O)c1ccc(CCc2cccc(N)n2)cc1)NS(=O)(=O)c1ccc(I)cc1. The molecule has 190 valence electrons. The highest BCUT2D eigenvalue weighted by atomic mass is 127. The summed E-state index contributed by atoms with van der Waals surface area (Å²) in [5, 5.41) is 2.61. The van der Waals surface area contributed by atoms with Crippen molar-refractivity contribution >= 4 is 50.3 Å². The largest absolute Gasteiger partial charge is 0.465 e. The van der Waals surface area contributed by atoms with Crippen LogP contribution in [0.15, 0.2) is 71.6 Å². The van der Waals surface area contributed by atoms with E-state index < -0.39 is 27.9 Å². The first kappa shape index (κ1) is 27.6. The standard InChI is InChI=1S/C25H27IN4O5S/c1-2-35-25(32)22(30-36(33,34)21-14-11-19(26)12-15-21)16-28-24(31)18-9-6-17(7-10-18)8-13-20-4-3-5-23(27)29-20/h3-7,9-12,14-15,22,30H,2,8,13,16H2,1H3,(H2,27,29)(H,28,31). The fraction of sp³-hybridized carbons (Fsp3) is 0.240. The normalized spacial score (nSPS) is 12.1. The van der Waals surface area contributed by atoms with Crippen LogP contribution in [0.25, 0.3) is 0 Å². The number of pyridine rings is 1. The molecular formula is C25H27IN4O5S. The highest BCUT2D eigenvalue weighted by Crippen LogP contribution is 2.13. The zero-order valence-corrected chi connectivity index (χ0v) is 22.6. The molecule has 0 fully saturated rings. The quantitative estimate of drug-likeness (QED) is 0.221. The number of ether oxygens (including phenoxy) is 1. The van der Waals surface area contributed by atoms with Gasteiger partial charge in [0.2, 0.25) is 10.0 Å². The summed E-state index contributed by atoms with van der Waals surface area (Å²) in [6.45, 7) is 1.41. The van der Waals surface area contributed by atoms with Gasteiger partial charge in [-0.1, -0.05) is 18.2 Å². The first-order chi connectivity index (χ1) is 17.2. The Morgan fingerprint density at radius 3 is 2.36 bits per heavy atom. The fourth-order valence-corrected chi connectivity index (χ4v) is 4.86. The van der Waals surface area contributed by atoms with E-state index in [4.69, 9.17) is 10.5 Å².